The summed E-state index contributed by atoms with van der Waals surface area (Å²) < 4.78 is 19.1. The van der Waals surface area contributed by atoms with Gasteiger partial charge < -0.3 is 9.64 Å². The van der Waals surface area contributed by atoms with E-state index in [1.807, 2.05) is 18.2 Å². The molecule has 0 radical (unpaired) electrons. The molecule has 27 heavy (non-hydrogen) atoms. The molecular weight excluding hydrogens is 366 g/mol. The first kappa shape index (κ1) is 19.3. The molecule has 0 N–H and O–H groups in total. The third-order valence-electron chi connectivity index (χ3n) is 4.13. The number of ether oxygens (including phenoxy) is 1. The summed E-state index contributed by atoms with van der Waals surface area (Å²) >= 11 is 0. The quantitative estimate of drug-likeness (QED) is 0.736. The molecule has 0 spiro atoms. The number of nitrogens with zero attached hydrogens (tertiary/aromatic N) is 3. The Hall–Kier alpha value is -2.48. The third kappa shape index (κ3) is 4.10. The number of amides is 1. The number of rotatable bonds is 2. The van der Waals surface area contributed by atoms with Crippen molar-refractivity contribution in [1.29, 1.82) is 0 Å². The number of para-hydroxylation sites is 1. The molecule has 0 saturated heterocycles. The Morgan fingerprint density at radius 2 is 1.89 bits per heavy atom. The summed E-state index contributed by atoms with van der Waals surface area (Å²) in [5, 5.41) is 0.177. The summed E-state index contributed by atoms with van der Waals surface area (Å²) in [7, 11) is -1.47. The Kier molecular flexibility index (Phi) is 5.19. The van der Waals surface area contributed by atoms with Crippen LogP contribution in [0.2, 0.25) is 0 Å². The van der Waals surface area contributed by atoms with Crippen molar-refractivity contribution in [1.82, 2.24) is 14.5 Å². The topological polar surface area (TPSA) is 81.5 Å². The number of hydrogen-bond acceptors (Lipinski definition) is 5. The Bertz CT molecular complexity index is 948. The molecule has 0 bridgehead atoms. The highest BCUT2D eigenvalue weighted by Crippen LogP contribution is 2.20. The van der Waals surface area contributed by atoms with E-state index in [1.165, 1.54) is 15.7 Å². The van der Waals surface area contributed by atoms with Crippen molar-refractivity contribution in [2.75, 3.05) is 12.8 Å². The van der Waals surface area contributed by atoms with Crippen LogP contribution >= 0.6 is 0 Å². The summed E-state index contributed by atoms with van der Waals surface area (Å²) in [5.41, 5.74) is 0.817. The second-order valence-electron chi connectivity index (χ2n) is 7.40. The second kappa shape index (κ2) is 7.26. The highest BCUT2D eigenvalue weighted by Gasteiger charge is 2.29. The first-order valence-electron chi connectivity index (χ1n) is 8.69. The van der Waals surface area contributed by atoms with Crippen LogP contribution < -0.4 is 5.56 Å². The molecule has 7 nitrogen and oxygen atoms in total. The van der Waals surface area contributed by atoms with E-state index in [1.54, 1.807) is 32.9 Å². The zero-order valence-electron chi connectivity index (χ0n) is 15.9. The normalized spacial score (nSPS) is 15.2. The maximum absolute atomic E-state index is 13.1. The minimum Gasteiger partial charge on any atom is -0.444 e. The van der Waals surface area contributed by atoms with Crippen molar-refractivity contribution in [2.24, 2.45) is 0 Å². The van der Waals surface area contributed by atoms with Crippen LogP contribution in [-0.2, 0) is 28.5 Å². The number of hydrogen-bond donors (Lipinski definition) is 0. The average Bonchev–Trinajstić information content (AvgIpc) is 2.60. The summed E-state index contributed by atoms with van der Waals surface area (Å²) in [6, 6.07) is 9.03. The first-order chi connectivity index (χ1) is 12.7. The van der Waals surface area contributed by atoms with Gasteiger partial charge in [0.05, 0.1) is 28.7 Å². The van der Waals surface area contributed by atoms with Crippen LogP contribution in [0.3, 0.4) is 0 Å². The zero-order chi connectivity index (χ0) is 19.8. The first-order valence-corrected chi connectivity index (χ1v) is 10.2. The fourth-order valence-corrected chi connectivity index (χ4v) is 3.63. The van der Waals surface area contributed by atoms with Gasteiger partial charge in [0, 0.05) is 18.4 Å². The number of fused-ring (bicyclic) bond motifs is 1. The predicted octanol–water partition coefficient (Wildman–Crippen LogP) is 2.26. The Labute approximate surface area is 160 Å². The molecular formula is C19H23N3O4S. The summed E-state index contributed by atoms with van der Waals surface area (Å²) in [6.07, 6.45) is 1.42. The minimum absolute atomic E-state index is 0.166. The van der Waals surface area contributed by atoms with Gasteiger partial charge in [0.2, 0.25) is 5.16 Å². The Morgan fingerprint density at radius 1 is 1.22 bits per heavy atom. The lowest BCUT2D eigenvalue weighted by Gasteiger charge is -2.31. The third-order valence-corrected chi connectivity index (χ3v) is 4.92. The lowest BCUT2D eigenvalue weighted by Crippen LogP contribution is -2.43. The van der Waals surface area contributed by atoms with Gasteiger partial charge >= 0.3 is 6.09 Å². The van der Waals surface area contributed by atoms with Crippen LogP contribution in [0.25, 0.3) is 5.69 Å². The molecule has 2 aromatic rings. The maximum Gasteiger partial charge on any atom is 0.410 e. The van der Waals surface area contributed by atoms with Crippen molar-refractivity contribution in [3.63, 3.8) is 0 Å². The molecule has 0 fully saturated rings. The van der Waals surface area contributed by atoms with Crippen LogP contribution in [0.5, 0.6) is 0 Å². The van der Waals surface area contributed by atoms with Gasteiger partial charge in [-0.2, -0.15) is 0 Å². The monoisotopic (exact) mass is 389 g/mol. The van der Waals surface area contributed by atoms with Gasteiger partial charge in [0.1, 0.15) is 5.60 Å². The van der Waals surface area contributed by atoms with E-state index in [9.17, 15) is 13.8 Å². The van der Waals surface area contributed by atoms with Gasteiger partial charge in [-0.3, -0.25) is 13.6 Å². The average molecular weight is 389 g/mol. The molecule has 1 atom stereocenters. The molecule has 0 aliphatic carbocycles. The summed E-state index contributed by atoms with van der Waals surface area (Å²) in [4.78, 5) is 31.5. The number of carbonyl (C=O) groups is 1. The zero-order valence-corrected chi connectivity index (χ0v) is 16.7. The molecule has 1 aromatic carbocycles. The molecule has 2 heterocycles. The van der Waals surface area contributed by atoms with E-state index >= 15 is 0 Å². The maximum atomic E-state index is 13.1. The summed E-state index contributed by atoms with van der Waals surface area (Å²) in [6.45, 7) is 5.95. The molecule has 1 unspecified atom stereocenters. The van der Waals surface area contributed by atoms with Gasteiger partial charge in [-0.25, -0.2) is 9.78 Å². The van der Waals surface area contributed by atoms with Crippen molar-refractivity contribution in [2.45, 2.75) is 44.5 Å². The molecule has 8 heteroatoms. The number of benzene rings is 1. The Balaban J connectivity index is 2.03. The van der Waals surface area contributed by atoms with Crippen LogP contribution in [0.1, 0.15) is 32.0 Å². The largest absolute Gasteiger partial charge is 0.444 e. The van der Waals surface area contributed by atoms with Gasteiger partial charge in [-0.15, -0.1) is 0 Å². The molecule has 1 aromatic heterocycles. The second-order valence-corrected chi connectivity index (χ2v) is 8.68. The van der Waals surface area contributed by atoms with E-state index in [0.717, 1.165) is 0 Å². The molecule has 3 rings (SSSR count). The summed E-state index contributed by atoms with van der Waals surface area (Å²) in [5.74, 6) is 0. The lowest BCUT2D eigenvalue weighted by molar-refractivity contribution is 0.0219. The fourth-order valence-electron chi connectivity index (χ4n) is 2.95. The van der Waals surface area contributed by atoms with Crippen LogP contribution in [0, 0.1) is 0 Å². The number of carbonyl (C=O) groups excluding carboxylic acids is 1. The molecule has 1 aliphatic rings. The van der Waals surface area contributed by atoms with E-state index in [-0.39, 0.29) is 17.3 Å². The van der Waals surface area contributed by atoms with Crippen molar-refractivity contribution in [3.05, 3.63) is 51.9 Å². The van der Waals surface area contributed by atoms with Crippen molar-refractivity contribution < 1.29 is 13.7 Å². The minimum atomic E-state index is -1.47. The van der Waals surface area contributed by atoms with Gasteiger partial charge in [0.25, 0.3) is 5.56 Å². The fraction of sp³-hybridized carbons (Fsp3) is 0.421. The van der Waals surface area contributed by atoms with E-state index in [4.69, 9.17) is 4.74 Å². The smallest absolute Gasteiger partial charge is 0.410 e. The van der Waals surface area contributed by atoms with Crippen molar-refractivity contribution >= 4 is 16.9 Å². The van der Waals surface area contributed by atoms with Gasteiger partial charge in [-0.1, -0.05) is 18.2 Å². The van der Waals surface area contributed by atoms with Crippen LogP contribution in [-0.4, -0.2) is 43.2 Å². The molecule has 0 saturated carbocycles. The van der Waals surface area contributed by atoms with E-state index < -0.39 is 22.5 Å². The van der Waals surface area contributed by atoms with Crippen LogP contribution in [0.4, 0.5) is 4.79 Å². The predicted molar refractivity (Wildman–Crippen MR) is 103 cm³/mol. The molecule has 144 valence electrons. The van der Waals surface area contributed by atoms with E-state index in [2.05, 4.69) is 4.98 Å². The molecule has 1 amide bonds. The molecule has 1 aliphatic heterocycles. The van der Waals surface area contributed by atoms with Crippen LogP contribution in [0.15, 0.2) is 40.3 Å². The van der Waals surface area contributed by atoms with Gasteiger partial charge in [-0.05, 0) is 39.3 Å². The highest BCUT2D eigenvalue weighted by molar-refractivity contribution is 7.84. The highest BCUT2D eigenvalue weighted by atomic mass is 32.2. The van der Waals surface area contributed by atoms with E-state index in [0.29, 0.717) is 29.9 Å². The SMILES string of the molecule is CS(=O)c1nc2c(c(=O)n1-c1ccccc1)CCN(C(=O)OC(C)(C)C)C2. The number of aromatic nitrogens is 2. The standard InChI is InChI=1S/C19H23N3O4S/c1-19(2,3)26-18(24)21-11-10-14-15(12-21)20-17(27(4)25)22(16(14)23)13-8-6-5-7-9-13/h5-9H,10-12H2,1-4H3. The Morgan fingerprint density at radius 3 is 2.48 bits per heavy atom. The van der Waals surface area contributed by atoms with Gasteiger partial charge in [0.15, 0.2) is 0 Å². The lowest BCUT2D eigenvalue weighted by atomic mass is 10.1. The van der Waals surface area contributed by atoms with Crippen molar-refractivity contribution in [3.8, 4) is 5.69 Å².